The molecule has 0 saturated carbocycles. The average Bonchev–Trinajstić information content (AvgIpc) is 4.01. The number of oxime groups is 1. The standard InChI is InChI=1S/C46H46N6O11/c53-41-13-12-39(44(54)48-41)52-45(55)36-2-1-3-40(42(36)46(52)56)63-27-25-61-23-21-59-19-18-58-20-22-60-24-26-62-34-8-6-33(7-9-34)51-29-37(43(49-51)30-14-16-47-17-15-30)32-4-10-35-31(28-32)5-11-38(35)50-57/h1-4,6-10,14-17,28-29,39,57H,5,11-13,18-27H2,(H,48,53,54)/b50-38+/t39-/m1/s1. The van der Waals surface area contributed by atoms with E-state index in [0.717, 1.165) is 56.9 Å². The lowest BCUT2D eigenvalue weighted by Gasteiger charge is -2.27. The summed E-state index contributed by atoms with van der Waals surface area (Å²) in [6, 6.07) is 21.5. The predicted molar refractivity (Wildman–Crippen MR) is 226 cm³/mol. The van der Waals surface area contributed by atoms with Crippen LogP contribution in [0.2, 0.25) is 0 Å². The van der Waals surface area contributed by atoms with Gasteiger partial charge in [0, 0.05) is 41.7 Å². The summed E-state index contributed by atoms with van der Waals surface area (Å²) in [5.41, 5.74) is 7.79. The molecule has 0 spiro atoms. The van der Waals surface area contributed by atoms with Gasteiger partial charge in [-0.2, -0.15) is 5.10 Å². The molecule has 17 nitrogen and oxygen atoms in total. The van der Waals surface area contributed by atoms with E-state index in [1.54, 1.807) is 24.5 Å². The van der Waals surface area contributed by atoms with Crippen molar-refractivity contribution in [3.8, 4) is 39.6 Å². The van der Waals surface area contributed by atoms with E-state index in [2.05, 4.69) is 21.5 Å². The molecule has 326 valence electrons. The van der Waals surface area contributed by atoms with Gasteiger partial charge in [-0.25, -0.2) is 4.68 Å². The van der Waals surface area contributed by atoms with Gasteiger partial charge in [0.15, 0.2) is 0 Å². The molecule has 17 heteroatoms. The minimum absolute atomic E-state index is 0.0451. The summed E-state index contributed by atoms with van der Waals surface area (Å²) in [5, 5.41) is 20.0. The Balaban J connectivity index is 0.679. The summed E-state index contributed by atoms with van der Waals surface area (Å²) in [6.45, 7) is 3.39. The fourth-order valence-corrected chi connectivity index (χ4v) is 7.67. The molecule has 0 radical (unpaired) electrons. The van der Waals surface area contributed by atoms with Crippen LogP contribution in [0.3, 0.4) is 0 Å². The van der Waals surface area contributed by atoms with E-state index in [9.17, 15) is 24.4 Å². The van der Waals surface area contributed by atoms with Gasteiger partial charge in [0.1, 0.15) is 36.4 Å². The number of pyridine rings is 1. The Labute approximate surface area is 362 Å². The highest BCUT2D eigenvalue weighted by Crippen LogP contribution is 2.36. The number of benzene rings is 3. The number of piperidine rings is 1. The van der Waals surface area contributed by atoms with Crippen molar-refractivity contribution < 1.29 is 52.8 Å². The molecule has 8 rings (SSSR count). The largest absolute Gasteiger partial charge is 0.491 e. The second-order valence-electron chi connectivity index (χ2n) is 14.8. The van der Waals surface area contributed by atoms with Crippen LogP contribution < -0.4 is 14.8 Å². The molecule has 3 aromatic carbocycles. The smallest absolute Gasteiger partial charge is 0.266 e. The van der Waals surface area contributed by atoms with Gasteiger partial charge < -0.3 is 33.6 Å². The van der Waals surface area contributed by atoms with E-state index < -0.39 is 29.7 Å². The Hall–Kier alpha value is -6.79. The molecule has 63 heavy (non-hydrogen) atoms. The van der Waals surface area contributed by atoms with Gasteiger partial charge in [0.25, 0.3) is 11.8 Å². The number of rotatable bonds is 21. The molecule has 2 aliphatic heterocycles. The summed E-state index contributed by atoms with van der Waals surface area (Å²) < 4.78 is 35.9. The molecule has 2 aromatic heterocycles. The van der Waals surface area contributed by atoms with Crippen molar-refractivity contribution in [3.63, 3.8) is 0 Å². The molecule has 5 aromatic rings. The van der Waals surface area contributed by atoms with Gasteiger partial charge in [0.2, 0.25) is 11.8 Å². The lowest BCUT2D eigenvalue weighted by molar-refractivity contribution is -0.136. The number of hydrogen-bond acceptors (Lipinski definition) is 14. The molecule has 0 unspecified atom stereocenters. The number of carbonyl (C=O) groups is 4. The lowest BCUT2D eigenvalue weighted by atomic mass is 9.98. The molecule has 4 amide bonds. The molecule has 1 atom stereocenters. The summed E-state index contributed by atoms with van der Waals surface area (Å²) in [7, 11) is 0. The number of fused-ring (bicyclic) bond motifs is 2. The van der Waals surface area contributed by atoms with Gasteiger partial charge in [-0.05, 0) is 78.9 Å². The van der Waals surface area contributed by atoms with E-state index >= 15 is 0 Å². The highest BCUT2D eigenvalue weighted by molar-refractivity contribution is 6.24. The second-order valence-corrected chi connectivity index (χ2v) is 14.8. The van der Waals surface area contributed by atoms with Crippen LogP contribution in [0, 0.1) is 0 Å². The van der Waals surface area contributed by atoms with Crippen LogP contribution in [-0.2, 0) is 35.0 Å². The topological polar surface area (TPSA) is 202 Å². The van der Waals surface area contributed by atoms with E-state index in [1.165, 1.54) is 6.07 Å². The fourth-order valence-electron chi connectivity index (χ4n) is 7.67. The molecule has 3 aliphatic rings. The van der Waals surface area contributed by atoms with Crippen molar-refractivity contribution in [3.05, 3.63) is 114 Å². The van der Waals surface area contributed by atoms with Gasteiger partial charge in [-0.1, -0.05) is 29.4 Å². The first kappa shape index (κ1) is 42.9. The third-order valence-electron chi connectivity index (χ3n) is 10.8. The predicted octanol–water partition coefficient (Wildman–Crippen LogP) is 4.65. The second kappa shape index (κ2) is 20.4. The summed E-state index contributed by atoms with van der Waals surface area (Å²) >= 11 is 0. The number of aromatic nitrogens is 3. The zero-order valence-electron chi connectivity index (χ0n) is 34.4. The van der Waals surface area contributed by atoms with Crippen LogP contribution in [0.5, 0.6) is 11.5 Å². The van der Waals surface area contributed by atoms with Crippen molar-refractivity contribution in [1.82, 2.24) is 25.0 Å². The molecule has 1 aliphatic carbocycles. The monoisotopic (exact) mass is 858 g/mol. The van der Waals surface area contributed by atoms with Gasteiger partial charge >= 0.3 is 0 Å². The maximum Gasteiger partial charge on any atom is 0.266 e. The Kier molecular flexibility index (Phi) is 13.9. The van der Waals surface area contributed by atoms with Crippen LogP contribution in [0.1, 0.15) is 51.1 Å². The molecule has 1 saturated heterocycles. The zero-order valence-corrected chi connectivity index (χ0v) is 34.4. The van der Waals surface area contributed by atoms with E-state index in [1.807, 2.05) is 59.4 Å². The molecule has 2 N–H and O–H groups in total. The van der Waals surface area contributed by atoms with Gasteiger partial charge in [0.05, 0.1) is 75.4 Å². The third kappa shape index (κ3) is 9.97. The number of aryl methyl sites for hydroxylation is 1. The summed E-state index contributed by atoms with van der Waals surface area (Å²) in [4.78, 5) is 55.1. The zero-order chi connectivity index (χ0) is 43.5. The number of nitrogens with one attached hydrogen (secondary N) is 1. The summed E-state index contributed by atoms with van der Waals surface area (Å²) in [5.74, 6) is -1.38. The minimum Gasteiger partial charge on any atom is -0.491 e. The fraction of sp³-hybridized carbons (Fsp3) is 0.326. The van der Waals surface area contributed by atoms with Crippen LogP contribution in [0.4, 0.5) is 0 Å². The summed E-state index contributed by atoms with van der Waals surface area (Å²) in [6.07, 6.45) is 7.21. The maximum absolute atomic E-state index is 13.2. The molecule has 0 bridgehead atoms. The number of carbonyl (C=O) groups excluding carboxylic acids is 4. The van der Waals surface area contributed by atoms with Crippen molar-refractivity contribution in [2.75, 3.05) is 66.1 Å². The van der Waals surface area contributed by atoms with E-state index in [4.69, 9.17) is 33.5 Å². The van der Waals surface area contributed by atoms with Crippen molar-refractivity contribution in [1.29, 1.82) is 0 Å². The highest BCUT2D eigenvalue weighted by atomic mass is 16.6. The first-order valence-corrected chi connectivity index (χ1v) is 20.8. The average molecular weight is 859 g/mol. The van der Waals surface area contributed by atoms with Gasteiger partial charge in [-0.15, -0.1) is 0 Å². The molecule has 1 fully saturated rings. The lowest BCUT2D eigenvalue weighted by Crippen LogP contribution is -2.54. The SMILES string of the molecule is O=C1CC[C@@H](N2C(=O)c3cccc(OCCOCCOCCOCCOCCOc4ccc(-n5cc(-c6ccc7c(c6)CC/C7=N\O)c(-c6ccncc6)n5)cc4)c3C2=O)C(=O)N1. The van der Waals surface area contributed by atoms with E-state index in [0.29, 0.717) is 64.3 Å². The van der Waals surface area contributed by atoms with Crippen molar-refractivity contribution in [2.24, 2.45) is 5.16 Å². The maximum atomic E-state index is 13.2. The van der Waals surface area contributed by atoms with Crippen LogP contribution >= 0.6 is 0 Å². The van der Waals surface area contributed by atoms with Gasteiger partial charge in [-0.3, -0.25) is 34.4 Å². The Morgan fingerprint density at radius 1 is 0.683 bits per heavy atom. The van der Waals surface area contributed by atoms with Crippen LogP contribution in [0.15, 0.2) is 96.5 Å². The Bertz CT molecular complexity index is 2470. The van der Waals surface area contributed by atoms with Crippen LogP contribution in [0.25, 0.3) is 28.1 Å². The first-order chi connectivity index (χ1) is 30.9. The Morgan fingerprint density at radius 3 is 2.05 bits per heavy atom. The van der Waals surface area contributed by atoms with E-state index in [-0.39, 0.29) is 42.9 Å². The van der Waals surface area contributed by atoms with Crippen molar-refractivity contribution in [2.45, 2.75) is 31.7 Å². The molecule has 4 heterocycles. The Morgan fingerprint density at radius 2 is 1.37 bits per heavy atom. The third-order valence-corrected chi connectivity index (χ3v) is 10.8. The number of hydrogen-bond donors (Lipinski definition) is 2. The number of amides is 4. The van der Waals surface area contributed by atoms with Crippen LogP contribution in [-0.4, -0.2) is 126 Å². The quantitative estimate of drug-likeness (QED) is 0.0447. The minimum atomic E-state index is -1.05. The first-order valence-electron chi connectivity index (χ1n) is 20.8. The van der Waals surface area contributed by atoms with Crippen molar-refractivity contribution >= 4 is 29.3 Å². The number of nitrogens with zero attached hydrogens (tertiary/aromatic N) is 5. The molecular weight excluding hydrogens is 813 g/mol. The normalized spacial score (nSPS) is 16.4. The highest BCUT2D eigenvalue weighted by Gasteiger charge is 2.46. The number of ether oxygens (including phenoxy) is 6. The molecular formula is C46H46N6O11. The number of imide groups is 2.